The number of rotatable bonds is 5. The number of amides is 1. The van der Waals surface area contributed by atoms with E-state index in [1.165, 1.54) is 30.3 Å². The summed E-state index contributed by atoms with van der Waals surface area (Å²) in [7, 11) is -4.11. The lowest BCUT2D eigenvalue weighted by atomic mass is 10.2. The van der Waals surface area contributed by atoms with Crippen molar-refractivity contribution in [2.45, 2.75) is 4.90 Å². The van der Waals surface area contributed by atoms with Crippen molar-refractivity contribution >= 4 is 83.9 Å². The van der Waals surface area contributed by atoms with Gasteiger partial charge in [0.2, 0.25) is 0 Å². The van der Waals surface area contributed by atoms with Crippen LogP contribution < -0.4 is 9.50 Å². The molecule has 6 nitrogen and oxygen atoms in total. The Balaban J connectivity index is 1.63. The fourth-order valence-electron chi connectivity index (χ4n) is 2.73. The molecule has 0 aromatic heterocycles. The molecule has 1 amide bonds. The number of carbonyl (C=O) groups excluding carboxylic acids is 1. The first-order valence-corrected chi connectivity index (χ1v) is 13.0. The van der Waals surface area contributed by atoms with Crippen molar-refractivity contribution in [1.29, 1.82) is 0 Å². The monoisotopic (exact) mass is 582 g/mol. The van der Waals surface area contributed by atoms with Crippen LogP contribution in [0.2, 0.25) is 10.0 Å². The first-order chi connectivity index (χ1) is 15.7. The molecule has 1 N–H and O–H groups in total. The summed E-state index contributed by atoms with van der Waals surface area (Å²) in [6, 6.07) is 17.3. The molecular weight excluding hydrogens is 571 g/mol. The van der Waals surface area contributed by atoms with Crippen molar-refractivity contribution < 1.29 is 17.4 Å². The lowest BCUT2D eigenvalue weighted by molar-refractivity contribution is -0.115. The second kappa shape index (κ2) is 9.90. The summed E-state index contributed by atoms with van der Waals surface area (Å²) >= 11 is 16.2. The molecule has 0 bridgehead atoms. The maximum atomic E-state index is 12.7. The minimum atomic E-state index is -4.11. The van der Waals surface area contributed by atoms with E-state index in [-0.39, 0.29) is 16.6 Å². The highest BCUT2D eigenvalue weighted by atomic mass is 79.9. The molecule has 1 heterocycles. The van der Waals surface area contributed by atoms with Gasteiger partial charge in [-0.2, -0.15) is 8.42 Å². The highest BCUT2D eigenvalue weighted by molar-refractivity contribution is 9.10. The van der Waals surface area contributed by atoms with Gasteiger partial charge in [-0.3, -0.25) is 4.79 Å². The van der Waals surface area contributed by atoms with Crippen molar-refractivity contribution in [2.75, 3.05) is 0 Å². The first kappa shape index (κ1) is 23.8. The summed E-state index contributed by atoms with van der Waals surface area (Å²) in [6.07, 6.45) is 1.54. The summed E-state index contributed by atoms with van der Waals surface area (Å²) < 4.78 is 31.5. The zero-order valence-corrected chi connectivity index (χ0v) is 21.2. The Morgan fingerprint density at radius 1 is 0.970 bits per heavy atom. The predicted octanol–water partition coefficient (Wildman–Crippen LogP) is 6.42. The van der Waals surface area contributed by atoms with Crippen LogP contribution >= 0.6 is 50.9 Å². The summed E-state index contributed by atoms with van der Waals surface area (Å²) in [4.78, 5) is 17.2. The third-order valence-electron chi connectivity index (χ3n) is 4.27. The van der Waals surface area contributed by atoms with Crippen LogP contribution in [0.3, 0.4) is 0 Å². The Hall–Kier alpha value is -2.30. The van der Waals surface area contributed by atoms with E-state index < -0.39 is 10.1 Å². The molecular formula is C22H13BrCl2N2O4S2. The van der Waals surface area contributed by atoms with E-state index in [0.717, 1.165) is 11.8 Å². The number of aliphatic imine (C=N–C) groups is 1. The van der Waals surface area contributed by atoms with Crippen LogP contribution in [0.1, 0.15) is 5.56 Å². The normalized spacial score (nSPS) is 16.3. The van der Waals surface area contributed by atoms with Gasteiger partial charge in [0.15, 0.2) is 5.17 Å². The maximum absolute atomic E-state index is 12.7. The molecule has 1 aliphatic rings. The largest absolute Gasteiger partial charge is 0.378 e. The molecule has 33 heavy (non-hydrogen) atoms. The van der Waals surface area contributed by atoms with E-state index in [0.29, 0.717) is 35.8 Å². The molecule has 3 aromatic carbocycles. The number of nitrogens with one attached hydrogen (secondary N) is 1. The third-order valence-corrected chi connectivity index (χ3v) is 7.42. The number of carbonyl (C=O) groups is 1. The number of nitrogens with zero attached hydrogens (tertiary/aromatic N) is 1. The van der Waals surface area contributed by atoms with Crippen molar-refractivity contribution in [3.63, 3.8) is 0 Å². The first-order valence-electron chi connectivity index (χ1n) is 9.24. The third kappa shape index (κ3) is 5.99. The molecule has 1 aliphatic heterocycles. The van der Waals surface area contributed by atoms with Gasteiger partial charge in [0.25, 0.3) is 5.91 Å². The topological polar surface area (TPSA) is 84.8 Å². The van der Waals surface area contributed by atoms with Crippen LogP contribution in [-0.2, 0) is 14.9 Å². The van der Waals surface area contributed by atoms with Gasteiger partial charge < -0.3 is 9.50 Å². The van der Waals surface area contributed by atoms with Crippen molar-refractivity contribution in [1.82, 2.24) is 5.32 Å². The van der Waals surface area contributed by atoms with Crippen molar-refractivity contribution in [3.05, 3.63) is 91.7 Å². The Labute approximate surface area is 212 Å². The van der Waals surface area contributed by atoms with Gasteiger partial charge in [0, 0.05) is 20.1 Å². The molecule has 4 rings (SSSR count). The van der Waals surface area contributed by atoms with Crippen LogP contribution in [0.5, 0.6) is 5.75 Å². The molecule has 0 aliphatic carbocycles. The second-order valence-electron chi connectivity index (χ2n) is 6.63. The van der Waals surface area contributed by atoms with Gasteiger partial charge in [0.1, 0.15) is 10.6 Å². The van der Waals surface area contributed by atoms with E-state index in [1.807, 2.05) is 0 Å². The van der Waals surface area contributed by atoms with E-state index >= 15 is 0 Å². The Bertz CT molecular complexity index is 1390. The lowest BCUT2D eigenvalue weighted by Gasteiger charge is -2.10. The minimum absolute atomic E-state index is 0.0428. The number of halogens is 3. The second-order valence-corrected chi connectivity index (χ2v) is 11.0. The fraction of sp³-hybridized carbons (Fsp3) is 0. The smallest absolute Gasteiger partial charge is 0.339 e. The van der Waals surface area contributed by atoms with E-state index in [2.05, 4.69) is 26.2 Å². The van der Waals surface area contributed by atoms with Crippen LogP contribution in [-0.4, -0.2) is 19.5 Å². The number of thioether (sulfide) groups is 1. The molecule has 168 valence electrons. The van der Waals surface area contributed by atoms with Crippen molar-refractivity contribution in [3.8, 4) is 5.75 Å². The lowest BCUT2D eigenvalue weighted by Crippen LogP contribution is -2.19. The quantitative estimate of drug-likeness (QED) is 0.277. The average Bonchev–Trinajstić information content (AvgIpc) is 3.10. The van der Waals surface area contributed by atoms with Crippen LogP contribution in [0, 0.1) is 0 Å². The Kier molecular flexibility index (Phi) is 7.16. The molecule has 0 radical (unpaired) electrons. The average molecular weight is 584 g/mol. The molecule has 1 saturated heterocycles. The highest BCUT2D eigenvalue weighted by Gasteiger charge is 2.25. The molecule has 0 unspecified atom stereocenters. The zero-order chi connectivity index (χ0) is 23.6. The highest BCUT2D eigenvalue weighted by Crippen LogP contribution is 2.33. The molecule has 3 aromatic rings. The molecule has 0 atom stereocenters. The van der Waals surface area contributed by atoms with Gasteiger partial charge >= 0.3 is 10.1 Å². The van der Waals surface area contributed by atoms with Crippen LogP contribution in [0.15, 0.2) is 86.0 Å². The Morgan fingerprint density at radius 3 is 2.27 bits per heavy atom. The van der Waals surface area contributed by atoms with Crippen LogP contribution in [0.4, 0.5) is 5.69 Å². The zero-order valence-electron chi connectivity index (χ0n) is 16.5. The van der Waals surface area contributed by atoms with Crippen LogP contribution in [0.25, 0.3) is 6.08 Å². The summed E-state index contributed by atoms with van der Waals surface area (Å²) in [5, 5.41) is 4.07. The molecule has 11 heteroatoms. The number of benzene rings is 3. The Morgan fingerprint density at radius 2 is 1.61 bits per heavy atom. The van der Waals surface area contributed by atoms with E-state index in [4.69, 9.17) is 27.4 Å². The van der Waals surface area contributed by atoms with Gasteiger partial charge in [-0.25, -0.2) is 4.99 Å². The SMILES string of the molecule is O=C1NC(=Nc2ccc(Cl)cc2)S/C1=C\c1cc(Br)ccc1OS(=O)(=O)c1ccc(Cl)cc1. The van der Waals surface area contributed by atoms with Gasteiger partial charge in [-0.05, 0) is 84.6 Å². The van der Waals surface area contributed by atoms with E-state index in [9.17, 15) is 13.2 Å². The summed E-state index contributed by atoms with van der Waals surface area (Å²) in [5.41, 5.74) is 1.02. The van der Waals surface area contributed by atoms with Gasteiger partial charge in [0.05, 0.1) is 10.6 Å². The summed E-state index contributed by atoms with van der Waals surface area (Å²) in [5.74, 6) is -0.295. The number of hydrogen-bond donors (Lipinski definition) is 1. The van der Waals surface area contributed by atoms with Gasteiger partial charge in [-0.15, -0.1) is 0 Å². The molecule has 0 spiro atoms. The molecule has 1 fully saturated rings. The van der Waals surface area contributed by atoms with E-state index in [1.54, 1.807) is 42.5 Å². The summed E-state index contributed by atoms with van der Waals surface area (Å²) in [6.45, 7) is 0. The minimum Gasteiger partial charge on any atom is -0.378 e. The predicted molar refractivity (Wildman–Crippen MR) is 136 cm³/mol. The fourth-order valence-corrected chi connectivity index (χ4v) is 5.15. The standard InChI is InChI=1S/C22H13BrCl2N2O4S2/c23-14-1-10-19(31-33(29,30)18-8-4-16(25)5-9-18)13(11-14)12-20-21(28)27-22(32-20)26-17-6-2-15(24)3-7-17/h1-12H,(H,26,27,28)/b20-12-. The molecule has 0 saturated carbocycles. The van der Waals surface area contributed by atoms with Crippen molar-refractivity contribution in [2.24, 2.45) is 4.99 Å². The maximum Gasteiger partial charge on any atom is 0.339 e. The number of hydrogen-bond acceptors (Lipinski definition) is 6. The number of amidine groups is 1. The van der Waals surface area contributed by atoms with Gasteiger partial charge in [-0.1, -0.05) is 39.1 Å².